The number of benzene rings is 4. The second-order valence-electron chi connectivity index (χ2n) is 11.1. The van der Waals surface area contributed by atoms with E-state index in [0.717, 1.165) is 71.8 Å². The summed E-state index contributed by atoms with van der Waals surface area (Å²) in [5, 5.41) is 4.16. The van der Waals surface area contributed by atoms with Gasteiger partial charge in [-0.1, -0.05) is 72.8 Å². The van der Waals surface area contributed by atoms with Crippen LogP contribution >= 0.6 is 24.0 Å². The van der Waals surface area contributed by atoms with Crippen molar-refractivity contribution < 1.29 is 45.3 Å². The number of carbonyl (C=O) groups is 1. The van der Waals surface area contributed by atoms with Gasteiger partial charge in [-0.15, -0.1) is 24.0 Å². The molecule has 0 N–H and O–H groups in total. The van der Waals surface area contributed by atoms with Crippen LogP contribution in [0.15, 0.2) is 127 Å². The molecular formula is C39H31N2NaO3S2. The van der Waals surface area contributed by atoms with E-state index in [-0.39, 0.29) is 42.0 Å². The molecule has 0 aliphatic heterocycles. The fourth-order valence-corrected chi connectivity index (χ4v) is 6.83. The van der Waals surface area contributed by atoms with Crippen LogP contribution in [-0.2, 0) is 18.0 Å². The number of thiophene rings is 1. The summed E-state index contributed by atoms with van der Waals surface area (Å²) in [4.78, 5) is 22.8. The second kappa shape index (κ2) is 14.8. The predicted octanol–water partition coefficient (Wildman–Crippen LogP) is 7.01. The van der Waals surface area contributed by atoms with Gasteiger partial charge in [-0.05, 0) is 72.0 Å². The molecule has 8 heteroatoms. The fraction of sp³-hybridized carbons (Fsp3) is 0.103. The summed E-state index contributed by atoms with van der Waals surface area (Å²) < 4.78 is 12.2. The smallest absolute Gasteiger partial charge is 1.00 e. The number of hydrogen-bond acceptors (Lipinski definition) is 6. The van der Waals surface area contributed by atoms with Crippen molar-refractivity contribution in [2.24, 2.45) is 0 Å². The summed E-state index contributed by atoms with van der Waals surface area (Å²) in [7, 11) is 0. The minimum atomic E-state index is -0.343. The molecule has 7 rings (SSSR count). The molecule has 1 atom stereocenters. The van der Waals surface area contributed by atoms with Crippen LogP contribution in [0.2, 0.25) is 0 Å². The molecule has 47 heavy (non-hydrogen) atoms. The van der Waals surface area contributed by atoms with Crippen LogP contribution in [-0.4, -0.2) is 15.1 Å². The van der Waals surface area contributed by atoms with E-state index < -0.39 is 0 Å². The Morgan fingerprint density at radius 1 is 0.702 bits per heavy atom. The second-order valence-corrected chi connectivity index (χ2v) is 12.4. The van der Waals surface area contributed by atoms with Gasteiger partial charge in [0, 0.05) is 26.8 Å². The molecule has 0 saturated heterocycles. The minimum absolute atomic E-state index is 0. The quantitative estimate of drug-likeness (QED) is 0.126. The van der Waals surface area contributed by atoms with Gasteiger partial charge in [0.2, 0.25) is 0 Å². The van der Waals surface area contributed by atoms with Crippen molar-refractivity contribution in [2.45, 2.75) is 26.1 Å². The van der Waals surface area contributed by atoms with Crippen molar-refractivity contribution in [3.05, 3.63) is 143 Å². The van der Waals surface area contributed by atoms with Gasteiger partial charge >= 0.3 is 29.6 Å². The molecule has 3 aromatic heterocycles. The number of fused-ring (bicyclic) bond motifs is 2. The third kappa shape index (κ3) is 7.45. The molecule has 4 aromatic carbocycles. The van der Waals surface area contributed by atoms with Gasteiger partial charge in [0.05, 0.1) is 28.3 Å². The predicted molar refractivity (Wildman–Crippen MR) is 191 cm³/mol. The average molecular weight is 663 g/mol. The maximum Gasteiger partial charge on any atom is 1.00 e. The van der Waals surface area contributed by atoms with E-state index in [2.05, 4.69) is 48.3 Å². The third-order valence-electron chi connectivity index (χ3n) is 7.98. The maximum absolute atomic E-state index is 12.4. The first-order valence-electron chi connectivity index (χ1n) is 15.0. The van der Waals surface area contributed by atoms with Gasteiger partial charge in [0.1, 0.15) is 24.7 Å². The normalized spacial score (nSPS) is 11.6. The third-order valence-corrected chi connectivity index (χ3v) is 9.53. The van der Waals surface area contributed by atoms with E-state index >= 15 is 0 Å². The van der Waals surface area contributed by atoms with Gasteiger partial charge in [-0.2, -0.15) is 0 Å². The standard InChI is InChI=1S/C39H30N2O3S2.Na.H/c1-25(39(42)45)38-37(29-14-20-33(21-15-29)44-23-31-17-11-28-7-3-5-9-36(28)41-31)34(24-46-38)26-12-18-32(19-13-26)43-22-30-16-10-27-6-2-4-8-35(27)40-30;;/h2-21,24-25H,22-23H2,1H3,(H,42,45);;/q;+1;-1. The zero-order valence-electron chi connectivity index (χ0n) is 27.1. The number of aromatic nitrogens is 2. The molecule has 5 nitrogen and oxygen atoms in total. The largest absolute Gasteiger partial charge is 1.00 e. The van der Waals surface area contributed by atoms with Crippen molar-refractivity contribution in [3.8, 4) is 33.8 Å². The van der Waals surface area contributed by atoms with Gasteiger partial charge in [0.25, 0.3) is 0 Å². The summed E-state index contributed by atoms with van der Waals surface area (Å²) in [6, 6.07) is 40.3. The number of thiol groups is 1. The molecule has 3 heterocycles. The molecule has 0 bridgehead atoms. The molecule has 228 valence electrons. The zero-order valence-corrected chi connectivity index (χ0v) is 29.8. The summed E-state index contributed by atoms with van der Waals surface area (Å²) in [6.45, 7) is 2.65. The Morgan fingerprint density at radius 2 is 1.19 bits per heavy atom. The van der Waals surface area contributed by atoms with Crippen molar-refractivity contribution >= 4 is 50.9 Å². The van der Waals surface area contributed by atoms with Crippen LogP contribution in [0, 0.1) is 0 Å². The Morgan fingerprint density at radius 3 is 1.70 bits per heavy atom. The Bertz CT molecular complexity index is 2170. The Kier molecular flexibility index (Phi) is 10.4. The van der Waals surface area contributed by atoms with E-state index in [0.29, 0.717) is 13.2 Å². The molecule has 0 fully saturated rings. The molecule has 0 saturated carbocycles. The van der Waals surface area contributed by atoms with Crippen LogP contribution in [0.25, 0.3) is 44.1 Å². The van der Waals surface area contributed by atoms with Crippen molar-refractivity contribution in [2.75, 3.05) is 0 Å². The van der Waals surface area contributed by atoms with Crippen LogP contribution in [0.1, 0.15) is 30.5 Å². The van der Waals surface area contributed by atoms with E-state index in [1.54, 1.807) is 11.3 Å². The first kappa shape index (κ1) is 32.9. The molecule has 0 amide bonds. The van der Waals surface area contributed by atoms with Gasteiger partial charge in [-0.25, -0.2) is 9.97 Å². The summed E-state index contributed by atoms with van der Waals surface area (Å²) in [6.07, 6.45) is 0. The van der Waals surface area contributed by atoms with E-state index in [4.69, 9.17) is 19.4 Å². The van der Waals surface area contributed by atoms with E-state index in [9.17, 15) is 4.79 Å². The number of hydrogen-bond donors (Lipinski definition) is 1. The fourth-order valence-electron chi connectivity index (χ4n) is 5.45. The van der Waals surface area contributed by atoms with E-state index in [1.807, 2.05) is 97.9 Å². The summed E-state index contributed by atoms with van der Waals surface area (Å²) in [5.74, 6) is 1.17. The van der Waals surface area contributed by atoms with Crippen LogP contribution in [0.5, 0.6) is 11.5 Å². The zero-order chi connectivity index (χ0) is 31.5. The van der Waals surface area contributed by atoms with Crippen molar-refractivity contribution in [1.29, 1.82) is 0 Å². The number of para-hydroxylation sites is 2. The molecule has 0 spiro atoms. The van der Waals surface area contributed by atoms with E-state index in [1.165, 1.54) is 0 Å². The topological polar surface area (TPSA) is 61.3 Å². The van der Waals surface area contributed by atoms with Crippen molar-refractivity contribution in [3.63, 3.8) is 0 Å². The van der Waals surface area contributed by atoms with Crippen molar-refractivity contribution in [1.82, 2.24) is 9.97 Å². The number of rotatable bonds is 10. The monoisotopic (exact) mass is 662 g/mol. The van der Waals surface area contributed by atoms with Gasteiger partial charge < -0.3 is 10.9 Å². The molecule has 7 aromatic rings. The Balaban J connectivity index is 0.00000225. The number of carbonyl (C=O) groups excluding carboxylic acids is 1. The van der Waals surface area contributed by atoms with Crippen LogP contribution in [0.3, 0.4) is 0 Å². The Labute approximate surface area is 306 Å². The molecule has 0 aliphatic rings. The van der Waals surface area contributed by atoms with Gasteiger partial charge in [-0.3, -0.25) is 4.79 Å². The Hall–Kier alpha value is -3.98. The van der Waals surface area contributed by atoms with Crippen LogP contribution in [0.4, 0.5) is 0 Å². The number of ether oxygens (including phenoxy) is 2. The molecule has 0 radical (unpaired) electrons. The minimum Gasteiger partial charge on any atom is -1.00 e. The molecule has 1 unspecified atom stereocenters. The SMILES string of the molecule is CC(C(=O)S)c1scc(-c2ccc(OCc3ccc4ccccc4n3)cc2)c1-c1ccc(OCc2ccc3ccccc3n2)cc1.[H-].[Na+]. The first-order valence-corrected chi connectivity index (χ1v) is 16.3. The summed E-state index contributed by atoms with van der Waals surface area (Å²) >= 11 is 5.75. The molecule has 0 aliphatic carbocycles. The molecular weight excluding hydrogens is 632 g/mol. The maximum atomic E-state index is 12.4. The number of pyridine rings is 2. The van der Waals surface area contributed by atoms with Crippen LogP contribution < -0.4 is 39.0 Å². The van der Waals surface area contributed by atoms with Gasteiger partial charge in [0.15, 0.2) is 5.12 Å². The summed E-state index contributed by atoms with van der Waals surface area (Å²) in [5.41, 5.74) is 7.77. The number of nitrogens with zero attached hydrogens (tertiary/aromatic N) is 2. The first-order chi connectivity index (χ1) is 22.5. The average Bonchev–Trinajstić information content (AvgIpc) is 3.55.